The summed E-state index contributed by atoms with van der Waals surface area (Å²) >= 11 is 3.55. The molecular weight excluding hydrogens is 292 g/mol. The average molecular weight is 315 g/mol. The summed E-state index contributed by atoms with van der Waals surface area (Å²) in [5.74, 6) is 0. The summed E-state index contributed by atoms with van der Waals surface area (Å²) in [7, 11) is 0. The predicted molar refractivity (Wildman–Crippen MR) is 81.2 cm³/mol. The zero-order chi connectivity index (χ0) is 13.5. The molecule has 2 N–H and O–H groups in total. The first kappa shape index (κ1) is 15.5. The predicted octanol–water partition coefficient (Wildman–Crippen LogP) is 2.87. The van der Waals surface area contributed by atoms with E-state index in [0.717, 1.165) is 23.2 Å². The van der Waals surface area contributed by atoms with E-state index in [1.807, 2.05) is 12.1 Å². The van der Waals surface area contributed by atoms with Crippen LogP contribution in [0.15, 0.2) is 22.7 Å². The highest BCUT2D eigenvalue weighted by Crippen LogP contribution is 2.25. The van der Waals surface area contributed by atoms with E-state index >= 15 is 0 Å². The molecule has 4 heteroatoms. The van der Waals surface area contributed by atoms with Gasteiger partial charge >= 0.3 is 0 Å². The topological polar surface area (TPSA) is 35.5 Å². The second-order valence-corrected chi connectivity index (χ2v) is 5.25. The second kappa shape index (κ2) is 7.77. The van der Waals surface area contributed by atoms with Gasteiger partial charge in [-0.2, -0.15) is 0 Å². The molecule has 0 bridgehead atoms. The Bertz CT molecular complexity index is 367. The maximum atomic E-state index is 9.98. The third-order valence-corrected chi connectivity index (χ3v) is 4.14. The lowest BCUT2D eigenvalue weighted by Gasteiger charge is -2.22. The molecule has 1 aromatic carbocycles. The van der Waals surface area contributed by atoms with Gasteiger partial charge in [-0.25, -0.2) is 0 Å². The lowest BCUT2D eigenvalue weighted by Crippen LogP contribution is -2.35. The van der Waals surface area contributed by atoms with Crippen molar-refractivity contribution >= 4 is 21.6 Å². The summed E-state index contributed by atoms with van der Waals surface area (Å²) in [6.07, 6.45) is -0.350. The molecule has 0 aliphatic rings. The van der Waals surface area contributed by atoms with Crippen LogP contribution in [0.5, 0.6) is 0 Å². The number of aryl methyl sites for hydroxylation is 1. The Morgan fingerprint density at radius 2 is 2.00 bits per heavy atom. The maximum absolute atomic E-state index is 9.98. The van der Waals surface area contributed by atoms with Crippen LogP contribution in [0, 0.1) is 6.92 Å². The molecule has 0 fully saturated rings. The van der Waals surface area contributed by atoms with Gasteiger partial charge in [-0.15, -0.1) is 0 Å². The van der Waals surface area contributed by atoms with Crippen molar-refractivity contribution in [2.24, 2.45) is 0 Å². The van der Waals surface area contributed by atoms with Gasteiger partial charge in [-0.3, -0.25) is 0 Å². The molecule has 1 rings (SSSR count). The summed E-state index contributed by atoms with van der Waals surface area (Å²) in [6.45, 7) is 9.51. The highest BCUT2D eigenvalue weighted by Gasteiger charge is 2.09. The van der Waals surface area contributed by atoms with Crippen LogP contribution in [0.4, 0.5) is 5.69 Å². The fraction of sp³-hybridized carbons (Fsp3) is 0.571. The van der Waals surface area contributed by atoms with Crippen LogP contribution in [0.2, 0.25) is 0 Å². The molecular formula is C14H23BrN2O. The molecule has 0 radical (unpaired) electrons. The first-order valence-corrected chi connectivity index (χ1v) is 7.27. The molecule has 0 aromatic heterocycles. The Labute approximate surface area is 118 Å². The molecule has 102 valence electrons. The first-order chi connectivity index (χ1) is 8.58. The number of hydrogen-bond acceptors (Lipinski definition) is 3. The fourth-order valence-electron chi connectivity index (χ4n) is 1.86. The fourth-order valence-corrected chi connectivity index (χ4v) is 2.26. The minimum absolute atomic E-state index is 0.350. The van der Waals surface area contributed by atoms with Crippen molar-refractivity contribution in [1.29, 1.82) is 0 Å². The van der Waals surface area contributed by atoms with Crippen LogP contribution in [0.25, 0.3) is 0 Å². The summed E-state index contributed by atoms with van der Waals surface area (Å²) in [4.78, 5) is 2.22. The summed E-state index contributed by atoms with van der Waals surface area (Å²) in [6, 6.07) is 6.09. The largest absolute Gasteiger partial charge is 0.390 e. The van der Waals surface area contributed by atoms with Crippen molar-refractivity contribution in [2.75, 3.05) is 31.5 Å². The van der Waals surface area contributed by atoms with Gasteiger partial charge in [0.2, 0.25) is 0 Å². The number of hydrogen-bond donors (Lipinski definition) is 2. The number of nitrogens with one attached hydrogen (secondary N) is 1. The van der Waals surface area contributed by atoms with Crippen LogP contribution in [0.3, 0.4) is 0 Å². The normalized spacial score (nSPS) is 12.8. The van der Waals surface area contributed by atoms with E-state index in [1.54, 1.807) is 0 Å². The number of likely N-dealkylation sites (N-methyl/N-ethyl adjacent to an activating group) is 1. The standard InChI is InChI=1S/C14H23BrN2O/c1-4-17(5-2)10-12(18)9-16-13-8-6-7-11(3)14(13)15/h6-8,12,16,18H,4-5,9-10H2,1-3H3. The molecule has 0 saturated carbocycles. The number of aliphatic hydroxyl groups is 1. The van der Waals surface area contributed by atoms with Crippen molar-refractivity contribution in [3.63, 3.8) is 0 Å². The van der Waals surface area contributed by atoms with E-state index in [-0.39, 0.29) is 6.10 Å². The monoisotopic (exact) mass is 314 g/mol. The minimum atomic E-state index is -0.350. The maximum Gasteiger partial charge on any atom is 0.0839 e. The Morgan fingerprint density at radius 1 is 1.33 bits per heavy atom. The van der Waals surface area contributed by atoms with E-state index in [4.69, 9.17) is 0 Å². The molecule has 1 atom stereocenters. The van der Waals surface area contributed by atoms with Gasteiger partial charge in [-0.1, -0.05) is 26.0 Å². The first-order valence-electron chi connectivity index (χ1n) is 6.47. The van der Waals surface area contributed by atoms with Gasteiger partial charge in [0.25, 0.3) is 0 Å². The molecule has 0 amide bonds. The molecule has 1 unspecified atom stereocenters. The van der Waals surface area contributed by atoms with Crippen molar-refractivity contribution in [1.82, 2.24) is 4.90 Å². The van der Waals surface area contributed by atoms with Crippen LogP contribution in [0.1, 0.15) is 19.4 Å². The van der Waals surface area contributed by atoms with Crippen LogP contribution in [-0.4, -0.2) is 42.3 Å². The van der Waals surface area contributed by atoms with Crippen molar-refractivity contribution in [3.8, 4) is 0 Å². The average Bonchev–Trinajstić information content (AvgIpc) is 2.37. The SMILES string of the molecule is CCN(CC)CC(O)CNc1cccc(C)c1Br. The van der Waals surface area contributed by atoms with Gasteiger partial charge in [0.15, 0.2) is 0 Å². The molecule has 1 aromatic rings. The van der Waals surface area contributed by atoms with Gasteiger partial charge in [0.05, 0.1) is 6.10 Å². The number of aliphatic hydroxyl groups excluding tert-OH is 1. The van der Waals surface area contributed by atoms with E-state index in [0.29, 0.717) is 13.1 Å². The van der Waals surface area contributed by atoms with Gasteiger partial charge in [0.1, 0.15) is 0 Å². The number of nitrogens with zero attached hydrogens (tertiary/aromatic N) is 1. The minimum Gasteiger partial charge on any atom is -0.390 e. The van der Waals surface area contributed by atoms with Gasteiger partial charge < -0.3 is 15.3 Å². The Hall–Kier alpha value is -0.580. The molecule has 0 spiro atoms. The van der Waals surface area contributed by atoms with Gasteiger partial charge in [0, 0.05) is 23.2 Å². The lowest BCUT2D eigenvalue weighted by molar-refractivity contribution is 0.128. The molecule has 0 heterocycles. The van der Waals surface area contributed by atoms with Crippen molar-refractivity contribution in [2.45, 2.75) is 26.9 Å². The molecule has 18 heavy (non-hydrogen) atoms. The van der Waals surface area contributed by atoms with Crippen LogP contribution >= 0.6 is 15.9 Å². The number of halogens is 1. The van der Waals surface area contributed by atoms with E-state index in [1.165, 1.54) is 5.56 Å². The quantitative estimate of drug-likeness (QED) is 0.812. The van der Waals surface area contributed by atoms with E-state index in [9.17, 15) is 5.11 Å². The van der Waals surface area contributed by atoms with Crippen LogP contribution in [-0.2, 0) is 0 Å². The summed E-state index contributed by atoms with van der Waals surface area (Å²) in [5.41, 5.74) is 2.23. The number of anilines is 1. The summed E-state index contributed by atoms with van der Waals surface area (Å²) in [5, 5.41) is 13.3. The number of rotatable bonds is 7. The molecule has 0 saturated heterocycles. The second-order valence-electron chi connectivity index (χ2n) is 4.46. The third-order valence-electron chi connectivity index (χ3n) is 3.08. The highest BCUT2D eigenvalue weighted by molar-refractivity contribution is 9.10. The zero-order valence-electron chi connectivity index (χ0n) is 11.4. The molecule has 3 nitrogen and oxygen atoms in total. The van der Waals surface area contributed by atoms with E-state index < -0.39 is 0 Å². The smallest absolute Gasteiger partial charge is 0.0839 e. The number of benzene rings is 1. The Morgan fingerprint density at radius 3 is 2.61 bits per heavy atom. The Balaban J connectivity index is 2.47. The van der Waals surface area contributed by atoms with Gasteiger partial charge in [-0.05, 0) is 47.6 Å². The lowest BCUT2D eigenvalue weighted by atomic mass is 10.2. The molecule has 0 aliphatic heterocycles. The molecule has 0 aliphatic carbocycles. The Kier molecular flexibility index (Phi) is 6.68. The zero-order valence-corrected chi connectivity index (χ0v) is 13.0. The summed E-state index contributed by atoms with van der Waals surface area (Å²) < 4.78 is 1.07. The highest BCUT2D eigenvalue weighted by atomic mass is 79.9. The third kappa shape index (κ3) is 4.59. The van der Waals surface area contributed by atoms with Crippen molar-refractivity contribution < 1.29 is 5.11 Å². The van der Waals surface area contributed by atoms with Crippen LogP contribution < -0.4 is 5.32 Å². The van der Waals surface area contributed by atoms with E-state index in [2.05, 4.69) is 53.0 Å². The van der Waals surface area contributed by atoms with Crippen molar-refractivity contribution in [3.05, 3.63) is 28.2 Å².